The minimum atomic E-state index is -5.80. The van der Waals surface area contributed by atoms with E-state index in [9.17, 15) is 26.4 Å². The normalized spacial score (nSPS) is 22.7. The van der Waals surface area contributed by atoms with E-state index in [0.717, 1.165) is 7.11 Å². The molecule has 21 heavy (non-hydrogen) atoms. The van der Waals surface area contributed by atoms with Gasteiger partial charge in [0.25, 0.3) is 0 Å². The third-order valence-corrected chi connectivity index (χ3v) is 3.75. The smallest absolute Gasteiger partial charge is 0.466 e. The second kappa shape index (κ2) is 6.97. The van der Waals surface area contributed by atoms with Crippen molar-refractivity contribution in [2.45, 2.75) is 37.6 Å². The Morgan fingerprint density at radius 2 is 1.81 bits per heavy atom. The Hall–Kier alpha value is -1.51. The molecule has 9 heteroatoms. The van der Waals surface area contributed by atoms with Crippen LogP contribution in [0.1, 0.15) is 32.1 Å². The number of hydrogen-bond acceptors (Lipinski definition) is 5. The summed E-state index contributed by atoms with van der Waals surface area (Å²) in [5.41, 5.74) is -5.73. The van der Waals surface area contributed by atoms with Crippen molar-refractivity contribution in [2.24, 2.45) is 0 Å². The Morgan fingerprint density at radius 3 is 2.38 bits per heavy atom. The standard InChI is InChI=1S/C12H15F3O5S/c1-19-11(16)9-7-5-3-2-4-6-8-10(9)20-21(17,18)12(13,14)15/h2-3H,4-8H2,1H3/b3-2+,10-9-. The van der Waals surface area contributed by atoms with Crippen LogP contribution in [0.3, 0.4) is 0 Å². The average Bonchev–Trinajstić information content (AvgIpc) is 2.48. The SMILES string of the molecule is COC(=O)/C1=C(\OS(=O)(=O)C(F)(F)F)CCC/C=C/CC1. The molecule has 0 amide bonds. The van der Waals surface area contributed by atoms with Gasteiger partial charge in [0.15, 0.2) is 0 Å². The molecule has 0 bridgehead atoms. The molecule has 0 aromatic carbocycles. The van der Waals surface area contributed by atoms with Crippen LogP contribution >= 0.6 is 0 Å². The van der Waals surface area contributed by atoms with E-state index >= 15 is 0 Å². The molecule has 0 radical (unpaired) electrons. The lowest BCUT2D eigenvalue weighted by Crippen LogP contribution is -2.26. The van der Waals surface area contributed by atoms with Crippen LogP contribution in [0.4, 0.5) is 13.2 Å². The van der Waals surface area contributed by atoms with E-state index in [1.807, 2.05) is 6.08 Å². The van der Waals surface area contributed by atoms with Crippen LogP contribution in [-0.2, 0) is 23.8 Å². The molecule has 5 nitrogen and oxygen atoms in total. The van der Waals surface area contributed by atoms with E-state index in [1.54, 1.807) is 6.08 Å². The lowest BCUT2D eigenvalue weighted by molar-refractivity contribution is -0.136. The number of carbonyl (C=O) groups is 1. The van der Waals surface area contributed by atoms with Crippen molar-refractivity contribution < 1.29 is 35.3 Å². The number of methoxy groups -OCH3 is 1. The Morgan fingerprint density at radius 1 is 1.19 bits per heavy atom. The van der Waals surface area contributed by atoms with Crippen molar-refractivity contribution in [3.8, 4) is 0 Å². The van der Waals surface area contributed by atoms with Crippen molar-refractivity contribution in [2.75, 3.05) is 7.11 Å². The molecule has 120 valence electrons. The second-order valence-corrected chi connectivity index (χ2v) is 5.82. The van der Waals surface area contributed by atoms with Crippen molar-refractivity contribution in [3.63, 3.8) is 0 Å². The van der Waals surface area contributed by atoms with Crippen LogP contribution in [0.25, 0.3) is 0 Å². The molecular formula is C12H15F3O5S. The van der Waals surface area contributed by atoms with Gasteiger partial charge in [-0.25, -0.2) is 4.79 Å². The molecule has 0 spiro atoms. The maximum Gasteiger partial charge on any atom is 0.534 e. The minimum absolute atomic E-state index is 0.0475. The van der Waals surface area contributed by atoms with E-state index in [0.29, 0.717) is 19.3 Å². The van der Waals surface area contributed by atoms with E-state index in [1.165, 1.54) is 0 Å². The van der Waals surface area contributed by atoms with Gasteiger partial charge >= 0.3 is 21.6 Å². The minimum Gasteiger partial charge on any atom is -0.466 e. The molecule has 0 N–H and O–H groups in total. The summed E-state index contributed by atoms with van der Waals surface area (Å²) in [4.78, 5) is 11.6. The maximum absolute atomic E-state index is 12.4. The van der Waals surface area contributed by atoms with Crippen molar-refractivity contribution in [1.29, 1.82) is 0 Å². The van der Waals surface area contributed by atoms with Gasteiger partial charge in [0.2, 0.25) is 0 Å². The van der Waals surface area contributed by atoms with Crippen LogP contribution in [-0.4, -0.2) is 27.0 Å². The number of carbonyl (C=O) groups excluding carboxylic acids is 1. The highest BCUT2D eigenvalue weighted by Crippen LogP contribution is 2.30. The molecular weight excluding hydrogens is 313 g/mol. The Balaban J connectivity index is 3.17. The van der Waals surface area contributed by atoms with Gasteiger partial charge in [0.1, 0.15) is 5.76 Å². The molecule has 1 aliphatic carbocycles. The molecule has 0 fully saturated rings. The summed E-state index contributed by atoms with van der Waals surface area (Å²) < 4.78 is 68.1. The Labute approximate surface area is 120 Å². The fraction of sp³-hybridized carbons (Fsp3) is 0.583. The number of allylic oxidation sites excluding steroid dienone is 3. The largest absolute Gasteiger partial charge is 0.534 e. The lowest BCUT2D eigenvalue weighted by atomic mass is 10.1. The number of hydrogen-bond donors (Lipinski definition) is 0. The zero-order valence-corrected chi connectivity index (χ0v) is 12.1. The molecule has 1 aliphatic rings. The highest BCUT2D eigenvalue weighted by molar-refractivity contribution is 7.87. The molecule has 0 aromatic rings. The fourth-order valence-corrected chi connectivity index (χ4v) is 2.29. The monoisotopic (exact) mass is 328 g/mol. The first-order valence-electron chi connectivity index (χ1n) is 6.15. The predicted octanol–water partition coefficient (Wildman–Crippen LogP) is 2.80. The highest BCUT2D eigenvalue weighted by Gasteiger charge is 2.49. The van der Waals surface area contributed by atoms with Gasteiger partial charge in [0, 0.05) is 6.42 Å². The van der Waals surface area contributed by atoms with Gasteiger partial charge < -0.3 is 8.92 Å². The summed E-state index contributed by atoms with van der Waals surface area (Å²) in [5, 5.41) is 0. The Kier molecular flexibility index (Phi) is 5.82. The van der Waals surface area contributed by atoms with Crippen LogP contribution in [0.2, 0.25) is 0 Å². The number of rotatable bonds is 3. The first kappa shape index (κ1) is 17.5. The van der Waals surface area contributed by atoms with E-state index in [2.05, 4.69) is 8.92 Å². The predicted molar refractivity (Wildman–Crippen MR) is 67.3 cm³/mol. The highest BCUT2D eigenvalue weighted by atomic mass is 32.2. The van der Waals surface area contributed by atoms with E-state index in [-0.39, 0.29) is 18.4 Å². The number of esters is 1. The maximum atomic E-state index is 12.4. The van der Waals surface area contributed by atoms with Crippen LogP contribution < -0.4 is 0 Å². The van der Waals surface area contributed by atoms with Crippen LogP contribution in [0, 0.1) is 0 Å². The molecule has 1 rings (SSSR count). The van der Waals surface area contributed by atoms with E-state index < -0.39 is 27.4 Å². The zero-order valence-electron chi connectivity index (χ0n) is 11.3. The van der Waals surface area contributed by atoms with Gasteiger partial charge in [-0.1, -0.05) is 12.2 Å². The molecule has 0 saturated heterocycles. The van der Waals surface area contributed by atoms with Crippen molar-refractivity contribution >= 4 is 16.1 Å². The molecule has 0 heterocycles. The first-order chi connectivity index (χ1) is 9.69. The van der Waals surface area contributed by atoms with Gasteiger partial charge in [-0.2, -0.15) is 21.6 Å². The van der Waals surface area contributed by atoms with Gasteiger partial charge in [0.05, 0.1) is 12.7 Å². The summed E-state index contributed by atoms with van der Waals surface area (Å²) in [6.07, 6.45) is 4.83. The van der Waals surface area contributed by atoms with Gasteiger partial charge in [-0.15, -0.1) is 0 Å². The van der Waals surface area contributed by atoms with Crippen LogP contribution in [0.5, 0.6) is 0 Å². The molecule has 0 atom stereocenters. The third-order valence-electron chi connectivity index (χ3n) is 2.76. The summed E-state index contributed by atoms with van der Waals surface area (Å²) >= 11 is 0. The molecule has 0 saturated carbocycles. The summed E-state index contributed by atoms with van der Waals surface area (Å²) in [5.74, 6) is -1.39. The quantitative estimate of drug-likeness (QED) is 0.345. The fourth-order valence-electron chi connectivity index (χ4n) is 1.74. The molecule has 0 aliphatic heterocycles. The van der Waals surface area contributed by atoms with Gasteiger partial charge in [-0.3, -0.25) is 0 Å². The van der Waals surface area contributed by atoms with Crippen molar-refractivity contribution in [3.05, 3.63) is 23.5 Å². The average molecular weight is 328 g/mol. The zero-order chi connectivity index (χ0) is 16.1. The topological polar surface area (TPSA) is 69.7 Å². The third kappa shape index (κ3) is 4.76. The molecule has 0 unspecified atom stereocenters. The molecule has 0 aromatic heterocycles. The summed E-state index contributed by atoms with van der Waals surface area (Å²) in [7, 11) is -4.73. The van der Waals surface area contributed by atoms with Crippen LogP contribution in [0.15, 0.2) is 23.5 Å². The summed E-state index contributed by atoms with van der Waals surface area (Å²) in [6.45, 7) is 0. The first-order valence-corrected chi connectivity index (χ1v) is 7.56. The number of ether oxygens (including phenoxy) is 1. The second-order valence-electron chi connectivity index (χ2n) is 4.28. The number of alkyl halides is 3. The van der Waals surface area contributed by atoms with Gasteiger partial charge in [-0.05, 0) is 25.7 Å². The van der Waals surface area contributed by atoms with Crippen molar-refractivity contribution in [1.82, 2.24) is 0 Å². The lowest BCUT2D eigenvalue weighted by Gasteiger charge is -2.15. The summed E-state index contributed by atoms with van der Waals surface area (Å²) in [6, 6.07) is 0. The van der Waals surface area contributed by atoms with E-state index in [4.69, 9.17) is 0 Å². The number of halogens is 3. The Bertz CT molecular complexity index is 546.